The van der Waals surface area contributed by atoms with E-state index in [4.69, 9.17) is 21.1 Å². The summed E-state index contributed by atoms with van der Waals surface area (Å²) < 4.78 is 13.2. The second kappa shape index (κ2) is 14.6. The van der Waals surface area contributed by atoms with E-state index in [1.165, 1.54) is 11.3 Å². The van der Waals surface area contributed by atoms with Gasteiger partial charge in [-0.1, -0.05) is 47.2 Å². The second-order valence-electron chi connectivity index (χ2n) is 12.2. The lowest BCUT2D eigenvalue weighted by Gasteiger charge is -2.42. The first-order valence-electron chi connectivity index (χ1n) is 16.1. The number of fused-ring (bicyclic) bond motifs is 1. The predicted molar refractivity (Wildman–Crippen MR) is 182 cm³/mol. The molecule has 0 aliphatic carbocycles. The summed E-state index contributed by atoms with van der Waals surface area (Å²) in [7, 11) is 2.17. The van der Waals surface area contributed by atoms with E-state index in [-0.39, 0.29) is 24.7 Å². The fraction of sp³-hybridized carbons (Fsp3) is 0.429. The number of carbonyl (C=O) groups is 2. The van der Waals surface area contributed by atoms with E-state index in [9.17, 15) is 14.4 Å². The summed E-state index contributed by atoms with van der Waals surface area (Å²) in [4.78, 5) is 51.8. The average molecular weight is 678 g/mol. The first-order chi connectivity index (χ1) is 22.7. The Balaban J connectivity index is 1.13. The van der Waals surface area contributed by atoms with Crippen molar-refractivity contribution in [2.75, 3.05) is 59.5 Å². The number of likely N-dealkylation sites (tertiary alicyclic amines) is 1. The Morgan fingerprint density at radius 1 is 1.00 bits per heavy atom. The van der Waals surface area contributed by atoms with Gasteiger partial charge in [0.05, 0.1) is 28.5 Å². The van der Waals surface area contributed by atoms with E-state index in [2.05, 4.69) is 21.8 Å². The second-order valence-corrected chi connectivity index (χ2v) is 13.6. The van der Waals surface area contributed by atoms with Crippen molar-refractivity contribution < 1.29 is 19.1 Å². The Morgan fingerprint density at radius 2 is 1.68 bits per heavy atom. The van der Waals surface area contributed by atoms with Gasteiger partial charge in [-0.25, -0.2) is 9.79 Å². The van der Waals surface area contributed by atoms with Crippen molar-refractivity contribution >= 4 is 40.9 Å². The number of piperidine rings is 1. The number of piperazine rings is 1. The zero-order valence-electron chi connectivity index (χ0n) is 27.0. The number of likely N-dealkylation sites (N-methyl/N-ethyl adjacent to an activating group) is 1. The smallest absolute Gasteiger partial charge is 0.338 e. The standard InChI is InChI=1S/C35H40ClN5O5S/c1-4-45-34(44)31-23(2)37-35-41(32(31)25-7-9-26(36)10-8-25)33(43)29(47-35)21-24-5-11-28(12-6-24)46-22-30(42)40-15-13-27(14-16-40)39-19-17-38(3)18-20-39/h5-12,21,27,32H,4,13-20,22H2,1-3H3/b29-21-. The lowest BCUT2D eigenvalue weighted by molar-refractivity contribution is -0.139. The lowest BCUT2D eigenvalue weighted by Crippen LogP contribution is -2.53. The van der Waals surface area contributed by atoms with Crippen LogP contribution in [0.25, 0.3) is 6.08 Å². The first-order valence-corrected chi connectivity index (χ1v) is 17.3. The normalized spacial score (nSPS) is 19.8. The largest absolute Gasteiger partial charge is 0.484 e. The molecule has 10 nitrogen and oxygen atoms in total. The van der Waals surface area contributed by atoms with Crippen LogP contribution in [0.4, 0.5) is 0 Å². The van der Waals surface area contributed by atoms with Crippen LogP contribution in [0.3, 0.4) is 0 Å². The monoisotopic (exact) mass is 677 g/mol. The minimum absolute atomic E-state index is 0.000244. The molecule has 1 amide bonds. The number of thiazole rings is 1. The quantitative estimate of drug-likeness (QED) is 0.338. The van der Waals surface area contributed by atoms with Crippen LogP contribution in [-0.4, -0.2) is 96.7 Å². The number of hydrogen-bond donors (Lipinski definition) is 0. The molecule has 3 aromatic rings. The van der Waals surface area contributed by atoms with Gasteiger partial charge in [-0.15, -0.1) is 0 Å². The maximum Gasteiger partial charge on any atom is 0.338 e. The zero-order chi connectivity index (χ0) is 33.1. The van der Waals surface area contributed by atoms with Crippen molar-refractivity contribution in [3.05, 3.63) is 95.6 Å². The minimum Gasteiger partial charge on any atom is -0.484 e. The highest BCUT2D eigenvalue weighted by molar-refractivity contribution is 7.07. The molecule has 248 valence electrons. The van der Waals surface area contributed by atoms with Crippen LogP contribution in [-0.2, 0) is 14.3 Å². The lowest BCUT2D eigenvalue weighted by atomic mass is 9.96. The Labute approximate surface area is 283 Å². The van der Waals surface area contributed by atoms with Gasteiger partial charge < -0.3 is 19.3 Å². The van der Waals surface area contributed by atoms with Crippen molar-refractivity contribution in [2.45, 2.75) is 38.8 Å². The molecule has 0 saturated carbocycles. The summed E-state index contributed by atoms with van der Waals surface area (Å²) in [6.45, 7) is 9.62. The molecule has 1 unspecified atom stereocenters. The number of aromatic nitrogens is 1. The summed E-state index contributed by atoms with van der Waals surface area (Å²) in [6.07, 6.45) is 3.80. The van der Waals surface area contributed by atoms with Crippen molar-refractivity contribution in [1.82, 2.24) is 19.3 Å². The highest BCUT2D eigenvalue weighted by atomic mass is 35.5. The average Bonchev–Trinajstić information content (AvgIpc) is 3.38. The Bertz CT molecular complexity index is 1820. The number of hydrogen-bond acceptors (Lipinski definition) is 9. The fourth-order valence-corrected chi connectivity index (χ4v) is 7.64. The number of allylic oxidation sites excluding steroid dienone is 1. The molecule has 1 atom stereocenters. The number of carbonyl (C=O) groups excluding carboxylic acids is 2. The van der Waals surface area contributed by atoms with Gasteiger partial charge >= 0.3 is 5.97 Å². The van der Waals surface area contributed by atoms with E-state index in [0.717, 1.165) is 63.2 Å². The Kier molecular flexibility index (Phi) is 10.3. The van der Waals surface area contributed by atoms with E-state index < -0.39 is 12.0 Å². The maximum absolute atomic E-state index is 13.8. The number of nitrogens with zero attached hydrogens (tertiary/aromatic N) is 5. The molecule has 0 N–H and O–H groups in total. The maximum atomic E-state index is 13.8. The molecule has 3 aliphatic rings. The number of rotatable bonds is 8. The minimum atomic E-state index is -0.699. The van der Waals surface area contributed by atoms with Crippen LogP contribution in [0.2, 0.25) is 5.02 Å². The van der Waals surface area contributed by atoms with Gasteiger partial charge in [-0.05, 0) is 75.2 Å². The topological polar surface area (TPSA) is 96.7 Å². The molecule has 47 heavy (non-hydrogen) atoms. The molecule has 12 heteroatoms. The van der Waals surface area contributed by atoms with Crippen molar-refractivity contribution in [3.63, 3.8) is 0 Å². The summed E-state index contributed by atoms with van der Waals surface area (Å²) >= 11 is 7.41. The van der Waals surface area contributed by atoms with Crippen LogP contribution in [0, 0.1) is 0 Å². The van der Waals surface area contributed by atoms with E-state index in [1.54, 1.807) is 48.8 Å². The Hall–Kier alpha value is -3.77. The van der Waals surface area contributed by atoms with Gasteiger partial charge in [0.25, 0.3) is 11.5 Å². The number of halogens is 1. The zero-order valence-corrected chi connectivity index (χ0v) is 28.6. The van der Waals surface area contributed by atoms with Gasteiger partial charge in [-0.3, -0.25) is 19.1 Å². The molecule has 0 bridgehead atoms. The number of amides is 1. The molecule has 4 heterocycles. The number of ether oxygens (including phenoxy) is 2. The highest BCUT2D eigenvalue weighted by Gasteiger charge is 2.33. The summed E-state index contributed by atoms with van der Waals surface area (Å²) in [5, 5.41) is 0.553. The molecular formula is C35H40ClN5O5S. The van der Waals surface area contributed by atoms with Crippen LogP contribution in [0.5, 0.6) is 5.75 Å². The molecule has 0 spiro atoms. The van der Waals surface area contributed by atoms with Gasteiger partial charge in [0.1, 0.15) is 5.75 Å². The Morgan fingerprint density at radius 3 is 2.34 bits per heavy atom. The van der Waals surface area contributed by atoms with E-state index in [0.29, 0.717) is 37.4 Å². The van der Waals surface area contributed by atoms with Crippen molar-refractivity contribution in [2.24, 2.45) is 4.99 Å². The van der Waals surface area contributed by atoms with Gasteiger partial charge in [0, 0.05) is 50.3 Å². The fourth-order valence-electron chi connectivity index (χ4n) is 6.47. The van der Waals surface area contributed by atoms with Crippen LogP contribution >= 0.6 is 22.9 Å². The molecule has 1 aromatic heterocycles. The van der Waals surface area contributed by atoms with Gasteiger partial charge in [0.2, 0.25) is 0 Å². The molecule has 0 radical (unpaired) electrons. The molecule has 2 aromatic carbocycles. The third-order valence-electron chi connectivity index (χ3n) is 9.11. The van der Waals surface area contributed by atoms with Gasteiger partial charge in [-0.2, -0.15) is 0 Å². The third-order valence-corrected chi connectivity index (χ3v) is 10.3. The molecule has 3 aliphatic heterocycles. The van der Waals surface area contributed by atoms with Crippen molar-refractivity contribution in [1.29, 1.82) is 0 Å². The predicted octanol–water partition coefficient (Wildman–Crippen LogP) is 3.07. The van der Waals surface area contributed by atoms with Crippen LogP contribution in [0.15, 0.2) is 69.6 Å². The number of esters is 1. The van der Waals surface area contributed by atoms with Gasteiger partial charge in [0.15, 0.2) is 11.4 Å². The molecular weight excluding hydrogens is 638 g/mol. The van der Waals surface area contributed by atoms with E-state index >= 15 is 0 Å². The third kappa shape index (κ3) is 7.38. The van der Waals surface area contributed by atoms with Crippen LogP contribution in [0.1, 0.15) is 43.9 Å². The first kappa shape index (κ1) is 33.1. The molecule has 2 saturated heterocycles. The summed E-state index contributed by atoms with van der Waals surface area (Å²) in [5.74, 6) is 0.0775. The van der Waals surface area contributed by atoms with E-state index in [1.807, 2.05) is 29.2 Å². The highest BCUT2D eigenvalue weighted by Crippen LogP contribution is 2.31. The number of benzene rings is 2. The molecule has 6 rings (SSSR count). The van der Waals surface area contributed by atoms with Crippen molar-refractivity contribution in [3.8, 4) is 5.75 Å². The summed E-state index contributed by atoms with van der Waals surface area (Å²) in [6, 6.07) is 14.2. The SMILES string of the molecule is CCOC(=O)C1=C(C)N=c2s/c(=C\c3ccc(OCC(=O)N4CCC(N5CCN(C)CC5)CC4)cc3)c(=O)n2C1c1ccc(Cl)cc1. The molecule has 2 fully saturated rings. The summed E-state index contributed by atoms with van der Waals surface area (Å²) in [5.41, 5.74) is 2.10. The van der Waals surface area contributed by atoms with Crippen LogP contribution < -0.4 is 19.6 Å².